The highest BCUT2D eigenvalue weighted by atomic mass is 16.5. The first-order chi connectivity index (χ1) is 18.5. The van der Waals surface area contributed by atoms with Crippen LogP contribution >= 0.6 is 0 Å². The summed E-state index contributed by atoms with van der Waals surface area (Å²) in [5, 5.41) is 9.27. The average molecular weight is 514 g/mol. The lowest BCUT2D eigenvalue weighted by Gasteiger charge is -2.13. The number of carbonyl (C=O) groups excluding carboxylic acids is 2. The number of hydrogen-bond acceptors (Lipinski definition) is 8. The minimum absolute atomic E-state index is 0.0706. The van der Waals surface area contributed by atoms with E-state index in [1.54, 1.807) is 24.3 Å². The van der Waals surface area contributed by atoms with Gasteiger partial charge in [-0.3, -0.25) is 4.79 Å². The number of hydrogen-bond donors (Lipinski definition) is 2. The lowest BCUT2D eigenvalue weighted by molar-refractivity contribution is -0.119. The van der Waals surface area contributed by atoms with Crippen LogP contribution in [0.1, 0.15) is 15.9 Å². The van der Waals surface area contributed by atoms with Gasteiger partial charge in [-0.25, -0.2) is 10.2 Å². The molecule has 38 heavy (non-hydrogen) atoms. The Labute approximate surface area is 220 Å². The second-order valence-corrected chi connectivity index (χ2v) is 8.05. The van der Waals surface area contributed by atoms with Gasteiger partial charge in [-0.05, 0) is 53.4 Å². The first kappa shape index (κ1) is 26.0. The second-order valence-electron chi connectivity index (χ2n) is 8.05. The number of amides is 1. The van der Waals surface area contributed by atoms with Crippen LogP contribution in [0.2, 0.25) is 0 Å². The van der Waals surface area contributed by atoms with Gasteiger partial charge in [0, 0.05) is 11.1 Å². The maximum Gasteiger partial charge on any atom is 0.343 e. The standard InChI is InChI=1S/C29H27N3O6/c1-35-25-15-21(16-26(36-2)28(25)37-3)29(34)38-22-13-11-19(12-14-22)17-31-32-27(33)18-30-24-10-6-8-20-7-4-5-9-23(20)24/h4-17,30H,18H2,1-3H3,(H,32,33)/b31-17-. The number of esters is 1. The second kappa shape index (κ2) is 12.3. The monoisotopic (exact) mass is 513 g/mol. The summed E-state index contributed by atoms with van der Waals surface area (Å²) in [6.45, 7) is 0.0706. The minimum Gasteiger partial charge on any atom is -0.493 e. The number of anilines is 1. The molecule has 0 radical (unpaired) electrons. The lowest BCUT2D eigenvalue weighted by Crippen LogP contribution is -2.25. The number of carbonyl (C=O) groups is 2. The van der Waals surface area contributed by atoms with Gasteiger partial charge >= 0.3 is 5.97 Å². The maximum absolute atomic E-state index is 12.7. The van der Waals surface area contributed by atoms with Gasteiger partial charge in [0.1, 0.15) is 5.75 Å². The molecule has 2 N–H and O–H groups in total. The van der Waals surface area contributed by atoms with Crippen molar-refractivity contribution >= 4 is 34.6 Å². The fraction of sp³-hybridized carbons (Fsp3) is 0.138. The number of fused-ring (bicyclic) bond motifs is 1. The highest BCUT2D eigenvalue weighted by Gasteiger charge is 2.18. The SMILES string of the molecule is COc1cc(C(=O)Oc2ccc(/C=N\NC(=O)CNc3cccc4ccccc34)cc2)cc(OC)c1OC. The number of methoxy groups -OCH3 is 3. The summed E-state index contributed by atoms with van der Waals surface area (Å²) in [5.74, 6) is 0.539. The predicted molar refractivity (Wildman–Crippen MR) is 146 cm³/mol. The van der Waals surface area contributed by atoms with Crippen molar-refractivity contribution in [2.24, 2.45) is 5.10 Å². The summed E-state index contributed by atoms with van der Waals surface area (Å²) in [7, 11) is 4.42. The number of benzene rings is 4. The summed E-state index contributed by atoms with van der Waals surface area (Å²) in [6.07, 6.45) is 1.50. The molecule has 9 heteroatoms. The molecule has 194 valence electrons. The van der Waals surface area contributed by atoms with Crippen LogP contribution in [0.4, 0.5) is 5.69 Å². The number of nitrogens with zero attached hydrogens (tertiary/aromatic N) is 1. The Hall–Kier alpha value is -5.05. The van der Waals surface area contributed by atoms with Crippen molar-refractivity contribution in [3.05, 3.63) is 90.0 Å². The fourth-order valence-electron chi connectivity index (χ4n) is 3.76. The largest absolute Gasteiger partial charge is 0.493 e. The normalized spacial score (nSPS) is 10.7. The Morgan fingerprint density at radius 1 is 0.842 bits per heavy atom. The Kier molecular flexibility index (Phi) is 8.40. The van der Waals surface area contributed by atoms with Crippen molar-refractivity contribution in [3.63, 3.8) is 0 Å². The summed E-state index contributed by atoms with van der Waals surface area (Å²) >= 11 is 0. The topological polar surface area (TPSA) is 107 Å². The summed E-state index contributed by atoms with van der Waals surface area (Å²) in [6, 6.07) is 23.5. The fourth-order valence-corrected chi connectivity index (χ4v) is 3.76. The first-order valence-electron chi connectivity index (χ1n) is 11.7. The van der Waals surface area contributed by atoms with Gasteiger partial charge in [-0.2, -0.15) is 5.10 Å². The van der Waals surface area contributed by atoms with Crippen molar-refractivity contribution in [1.29, 1.82) is 0 Å². The van der Waals surface area contributed by atoms with Crippen molar-refractivity contribution in [2.75, 3.05) is 33.2 Å². The highest BCUT2D eigenvalue weighted by Crippen LogP contribution is 2.38. The molecule has 0 atom stereocenters. The molecule has 0 aromatic heterocycles. The zero-order valence-corrected chi connectivity index (χ0v) is 21.2. The third kappa shape index (κ3) is 6.19. The molecule has 0 aliphatic carbocycles. The van der Waals surface area contributed by atoms with E-state index < -0.39 is 5.97 Å². The molecular weight excluding hydrogens is 486 g/mol. The van der Waals surface area contributed by atoms with Crippen molar-refractivity contribution in [3.8, 4) is 23.0 Å². The van der Waals surface area contributed by atoms with Crippen LogP contribution in [-0.4, -0.2) is 46.0 Å². The predicted octanol–water partition coefficient (Wildman–Crippen LogP) is 4.65. The molecule has 0 saturated carbocycles. The summed E-state index contributed by atoms with van der Waals surface area (Å²) in [4.78, 5) is 24.9. The Bertz CT molecular complexity index is 1440. The molecular formula is C29H27N3O6. The quantitative estimate of drug-likeness (QED) is 0.138. The van der Waals surface area contributed by atoms with E-state index in [1.165, 1.54) is 39.7 Å². The molecule has 0 aliphatic rings. The van der Waals surface area contributed by atoms with Crippen LogP contribution in [0, 0.1) is 0 Å². The molecule has 0 fully saturated rings. The van der Waals surface area contributed by atoms with E-state index in [4.69, 9.17) is 18.9 Å². The highest BCUT2D eigenvalue weighted by molar-refractivity contribution is 5.95. The van der Waals surface area contributed by atoms with E-state index in [-0.39, 0.29) is 18.0 Å². The third-order valence-electron chi connectivity index (χ3n) is 5.62. The molecule has 0 heterocycles. The average Bonchev–Trinajstić information content (AvgIpc) is 2.96. The summed E-state index contributed by atoms with van der Waals surface area (Å²) < 4.78 is 21.3. The number of hydrazone groups is 1. The third-order valence-corrected chi connectivity index (χ3v) is 5.62. The van der Waals surface area contributed by atoms with E-state index in [9.17, 15) is 9.59 Å². The number of ether oxygens (including phenoxy) is 4. The minimum atomic E-state index is -0.586. The van der Waals surface area contributed by atoms with Gasteiger partial charge in [0.2, 0.25) is 5.75 Å². The van der Waals surface area contributed by atoms with E-state index in [0.29, 0.717) is 28.6 Å². The Morgan fingerprint density at radius 3 is 2.21 bits per heavy atom. The molecule has 4 rings (SSSR count). The van der Waals surface area contributed by atoms with Crippen LogP contribution in [0.15, 0.2) is 84.0 Å². The zero-order chi connectivity index (χ0) is 26.9. The maximum atomic E-state index is 12.7. The van der Waals surface area contributed by atoms with Gasteiger partial charge in [-0.1, -0.05) is 36.4 Å². The van der Waals surface area contributed by atoms with Crippen LogP contribution in [0.3, 0.4) is 0 Å². The zero-order valence-electron chi connectivity index (χ0n) is 21.2. The van der Waals surface area contributed by atoms with Crippen LogP contribution in [-0.2, 0) is 4.79 Å². The Morgan fingerprint density at radius 2 is 1.53 bits per heavy atom. The lowest BCUT2D eigenvalue weighted by atomic mass is 10.1. The van der Waals surface area contributed by atoms with Gasteiger partial charge in [0.15, 0.2) is 11.5 Å². The molecule has 9 nitrogen and oxygen atoms in total. The van der Waals surface area contributed by atoms with Gasteiger partial charge < -0.3 is 24.3 Å². The van der Waals surface area contributed by atoms with Gasteiger partial charge in [0.05, 0.1) is 39.7 Å². The van der Waals surface area contributed by atoms with E-state index in [0.717, 1.165) is 16.5 Å². The van der Waals surface area contributed by atoms with Gasteiger partial charge in [0.25, 0.3) is 5.91 Å². The molecule has 0 bridgehead atoms. The molecule has 4 aromatic carbocycles. The smallest absolute Gasteiger partial charge is 0.343 e. The van der Waals surface area contributed by atoms with Crippen LogP contribution in [0.25, 0.3) is 10.8 Å². The van der Waals surface area contributed by atoms with Gasteiger partial charge in [-0.15, -0.1) is 0 Å². The van der Waals surface area contributed by atoms with E-state index in [1.807, 2.05) is 42.5 Å². The molecule has 4 aromatic rings. The number of rotatable bonds is 10. The van der Waals surface area contributed by atoms with Crippen molar-refractivity contribution < 1.29 is 28.5 Å². The summed E-state index contributed by atoms with van der Waals surface area (Å²) in [5.41, 5.74) is 4.32. The Balaban J connectivity index is 1.31. The number of nitrogens with one attached hydrogen (secondary N) is 2. The molecule has 0 saturated heterocycles. The molecule has 0 spiro atoms. The molecule has 1 amide bonds. The first-order valence-corrected chi connectivity index (χ1v) is 11.7. The van der Waals surface area contributed by atoms with Crippen LogP contribution in [0.5, 0.6) is 23.0 Å². The van der Waals surface area contributed by atoms with Crippen LogP contribution < -0.4 is 29.7 Å². The van der Waals surface area contributed by atoms with Crippen molar-refractivity contribution in [2.45, 2.75) is 0 Å². The van der Waals surface area contributed by atoms with Crippen molar-refractivity contribution in [1.82, 2.24) is 5.43 Å². The van der Waals surface area contributed by atoms with E-state index >= 15 is 0 Å². The molecule has 0 unspecified atom stereocenters. The molecule has 0 aliphatic heterocycles. The van der Waals surface area contributed by atoms with E-state index in [2.05, 4.69) is 15.8 Å².